The van der Waals surface area contributed by atoms with Crippen molar-refractivity contribution in [2.45, 2.75) is 25.8 Å². The molecule has 3 aromatic rings. The predicted octanol–water partition coefficient (Wildman–Crippen LogP) is 2.72. The molecule has 4 rings (SSSR count). The lowest BCUT2D eigenvalue weighted by atomic mass is 10.1. The highest BCUT2D eigenvalue weighted by Crippen LogP contribution is 2.23. The number of nitrogens with one attached hydrogen (secondary N) is 1. The lowest BCUT2D eigenvalue weighted by molar-refractivity contribution is 0.0698. The molecule has 0 aliphatic carbocycles. The zero-order valence-corrected chi connectivity index (χ0v) is 17.1. The molecular formula is C20H22N6O2S. The number of thiazole rings is 1. The van der Waals surface area contributed by atoms with Crippen molar-refractivity contribution in [1.29, 1.82) is 0 Å². The summed E-state index contributed by atoms with van der Waals surface area (Å²) in [4.78, 5) is 22.2. The number of hydrogen-bond acceptors (Lipinski definition) is 7. The number of hydrogen-bond donors (Lipinski definition) is 1. The van der Waals surface area contributed by atoms with Crippen molar-refractivity contribution < 1.29 is 9.53 Å². The molecule has 1 aliphatic heterocycles. The van der Waals surface area contributed by atoms with Crippen molar-refractivity contribution in [3.63, 3.8) is 0 Å². The van der Waals surface area contributed by atoms with Crippen molar-refractivity contribution in [1.82, 2.24) is 30.3 Å². The third kappa shape index (κ3) is 4.41. The number of carbonyl (C=O) groups excluding carboxylic acids is 1. The SMILES string of the molecule is Cc1nc(C=Cc2c(-c3ccccn3)nnn2C)sc1C(=O)NC1CCOCC1. The van der Waals surface area contributed by atoms with Crippen LogP contribution in [0.1, 0.15) is 38.9 Å². The second-order valence-electron chi connectivity index (χ2n) is 6.82. The molecule has 0 saturated carbocycles. The zero-order valence-electron chi connectivity index (χ0n) is 16.3. The van der Waals surface area contributed by atoms with E-state index in [1.807, 2.05) is 44.3 Å². The third-order valence-electron chi connectivity index (χ3n) is 4.74. The van der Waals surface area contributed by atoms with Crippen LogP contribution in [-0.4, -0.2) is 50.1 Å². The molecule has 1 aliphatic rings. The Labute approximate surface area is 172 Å². The molecule has 0 aromatic carbocycles. The highest BCUT2D eigenvalue weighted by atomic mass is 32.1. The molecule has 1 N–H and O–H groups in total. The van der Waals surface area contributed by atoms with Gasteiger partial charge in [0.1, 0.15) is 15.6 Å². The fourth-order valence-electron chi connectivity index (χ4n) is 3.18. The van der Waals surface area contributed by atoms with Gasteiger partial charge in [0.05, 0.1) is 17.1 Å². The number of pyridine rings is 1. The maximum absolute atomic E-state index is 12.6. The standard InChI is InChI=1S/C20H22N6O2S/c1-13-19(20(27)23-14-8-11-28-12-9-14)29-17(22-13)7-6-16-18(24-25-26(16)2)15-5-3-4-10-21-15/h3-7,10,14H,8-9,11-12H2,1-2H3,(H,23,27). The van der Waals surface area contributed by atoms with E-state index >= 15 is 0 Å². The van der Waals surface area contributed by atoms with Crippen LogP contribution < -0.4 is 5.32 Å². The number of rotatable bonds is 5. The molecule has 0 spiro atoms. The predicted molar refractivity (Wildman–Crippen MR) is 111 cm³/mol. The first-order valence-electron chi connectivity index (χ1n) is 9.47. The first-order valence-corrected chi connectivity index (χ1v) is 10.3. The summed E-state index contributed by atoms with van der Waals surface area (Å²) in [6.45, 7) is 3.24. The molecule has 1 fully saturated rings. The maximum atomic E-state index is 12.6. The number of amides is 1. The van der Waals surface area contributed by atoms with E-state index in [0.29, 0.717) is 23.8 Å². The summed E-state index contributed by atoms with van der Waals surface area (Å²) in [6.07, 6.45) is 7.21. The van der Waals surface area contributed by atoms with Crippen LogP contribution in [0.2, 0.25) is 0 Å². The summed E-state index contributed by atoms with van der Waals surface area (Å²) >= 11 is 1.38. The van der Waals surface area contributed by atoms with Crippen LogP contribution >= 0.6 is 11.3 Å². The van der Waals surface area contributed by atoms with Crippen molar-refractivity contribution >= 4 is 29.4 Å². The van der Waals surface area contributed by atoms with Crippen molar-refractivity contribution in [3.8, 4) is 11.4 Å². The van der Waals surface area contributed by atoms with E-state index in [-0.39, 0.29) is 11.9 Å². The number of carbonyl (C=O) groups is 1. The van der Waals surface area contributed by atoms with Crippen LogP contribution in [0.15, 0.2) is 24.4 Å². The Morgan fingerprint density at radius 3 is 2.90 bits per heavy atom. The van der Waals surface area contributed by atoms with Crippen LogP contribution in [0.25, 0.3) is 23.5 Å². The summed E-state index contributed by atoms with van der Waals surface area (Å²) in [7, 11) is 1.83. The van der Waals surface area contributed by atoms with E-state index in [9.17, 15) is 4.79 Å². The molecule has 0 atom stereocenters. The summed E-state index contributed by atoms with van der Waals surface area (Å²) in [5.74, 6) is -0.0667. The first-order chi connectivity index (χ1) is 14.1. The van der Waals surface area contributed by atoms with E-state index in [4.69, 9.17) is 4.74 Å². The lowest BCUT2D eigenvalue weighted by Crippen LogP contribution is -2.38. The van der Waals surface area contributed by atoms with Gasteiger partial charge in [-0.1, -0.05) is 11.3 Å². The monoisotopic (exact) mass is 410 g/mol. The molecule has 0 radical (unpaired) electrons. The number of aromatic nitrogens is 5. The van der Waals surface area contributed by atoms with Crippen LogP contribution in [-0.2, 0) is 11.8 Å². The molecule has 0 bridgehead atoms. The topological polar surface area (TPSA) is 94.8 Å². The lowest BCUT2D eigenvalue weighted by Gasteiger charge is -2.22. The minimum atomic E-state index is -0.0667. The fraction of sp³-hybridized carbons (Fsp3) is 0.350. The van der Waals surface area contributed by atoms with E-state index in [0.717, 1.165) is 34.9 Å². The van der Waals surface area contributed by atoms with Gasteiger partial charge in [-0.25, -0.2) is 9.67 Å². The zero-order chi connectivity index (χ0) is 20.2. The minimum absolute atomic E-state index is 0.0667. The molecule has 29 heavy (non-hydrogen) atoms. The molecular weight excluding hydrogens is 388 g/mol. The Hall–Kier alpha value is -2.91. The van der Waals surface area contributed by atoms with Crippen molar-refractivity contribution in [3.05, 3.63) is 45.7 Å². The van der Waals surface area contributed by atoms with Gasteiger partial charge in [0.2, 0.25) is 0 Å². The second kappa shape index (κ2) is 8.62. The number of ether oxygens (including phenoxy) is 1. The van der Waals surface area contributed by atoms with Gasteiger partial charge >= 0.3 is 0 Å². The molecule has 1 amide bonds. The fourth-order valence-corrected chi connectivity index (χ4v) is 4.05. The number of aryl methyl sites for hydroxylation is 2. The smallest absolute Gasteiger partial charge is 0.263 e. The Morgan fingerprint density at radius 1 is 1.31 bits per heavy atom. The largest absolute Gasteiger partial charge is 0.381 e. The van der Waals surface area contributed by atoms with Crippen molar-refractivity contribution in [2.75, 3.05) is 13.2 Å². The van der Waals surface area contributed by atoms with Gasteiger partial charge < -0.3 is 10.1 Å². The van der Waals surface area contributed by atoms with E-state index < -0.39 is 0 Å². The summed E-state index contributed by atoms with van der Waals surface area (Å²) < 4.78 is 7.04. The van der Waals surface area contributed by atoms with Crippen LogP contribution in [0.3, 0.4) is 0 Å². The summed E-state index contributed by atoms with van der Waals surface area (Å²) in [6, 6.07) is 5.84. The van der Waals surface area contributed by atoms with Crippen molar-refractivity contribution in [2.24, 2.45) is 7.05 Å². The summed E-state index contributed by atoms with van der Waals surface area (Å²) in [5.41, 5.74) is 3.01. The van der Waals surface area contributed by atoms with E-state index in [2.05, 4.69) is 25.6 Å². The third-order valence-corrected chi connectivity index (χ3v) is 5.86. The molecule has 8 nitrogen and oxygen atoms in total. The minimum Gasteiger partial charge on any atom is -0.381 e. The van der Waals surface area contributed by atoms with Crippen LogP contribution in [0.4, 0.5) is 0 Å². The highest BCUT2D eigenvalue weighted by Gasteiger charge is 2.20. The Morgan fingerprint density at radius 2 is 2.14 bits per heavy atom. The maximum Gasteiger partial charge on any atom is 0.263 e. The Kier molecular flexibility index (Phi) is 5.77. The van der Waals surface area contributed by atoms with Gasteiger partial charge in [-0.15, -0.1) is 16.4 Å². The highest BCUT2D eigenvalue weighted by molar-refractivity contribution is 7.14. The first kappa shape index (κ1) is 19.4. The van der Waals surface area contributed by atoms with Gasteiger partial charge in [-0.2, -0.15) is 0 Å². The Balaban J connectivity index is 1.52. The molecule has 9 heteroatoms. The van der Waals surface area contributed by atoms with Gasteiger partial charge in [0, 0.05) is 32.5 Å². The van der Waals surface area contributed by atoms with Crippen LogP contribution in [0, 0.1) is 6.92 Å². The van der Waals surface area contributed by atoms with Crippen LogP contribution in [0.5, 0.6) is 0 Å². The van der Waals surface area contributed by atoms with Gasteiger partial charge in [-0.05, 0) is 44.1 Å². The molecule has 4 heterocycles. The van der Waals surface area contributed by atoms with Gasteiger partial charge in [-0.3, -0.25) is 9.78 Å². The number of nitrogens with zero attached hydrogens (tertiary/aromatic N) is 5. The Bertz CT molecular complexity index is 1020. The average molecular weight is 411 g/mol. The van der Waals surface area contributed by atoms with E-state index in [1.165, 1.54) is 11.3 Å². The van der Waals surface area contributed by atoms with Gasteiger partial charge in [0.25, 0.3) is 5.91 Å². The molecule has 3 aromatic heterocycles. The quantitative estimate of drug-likeness (QED) is 0.695. The molecule has 1 saturated heterocycles. The normalized spacial score (nSPS) is 15.1. The summed E-state index contributed by atoms with van der Waals surface area (Å²) in [5, 5.41) is 12.2. The molecule has 150 valence electrons. The second-order valence-corrected chi connectivity index (χ2v) is 7.85. The van der Waals surface area contributed by atoms with Gasteiger partial charge in [0.15, 0.2) is 0 Å². The average Bonchev–Trinajstić information content (AvgIpc) is 3.30. The van der Waals surface area contributed by atoms with E-state index in [1.54, 1.807) is 10.9 Å². The molecule has 0 unspecified atom stereocenters.